The summed E-state index contributed by atoms with van der Waals surface area (Å²) < 4.78 is 1.01. The van der Waals surface area contributed by atoms with Gasteiger partial charge in [0.25, 0.3) is 0 Å². The zero-order valence-corrected chi connectivity index (χ0v) is 12.3. The molecule has 0 unspecified atom stereocenters. The molecule has 15 heavy (non-hydrogen) atoms. The van der Waals surface area contributed by atoms with E-state index in [0.29, 0.717) is 12.3 Å². The maximum Gasteiger partial charge on any atom is 0.133 e. The van der Waals surface area contributed by atoms with Gasteiger partial charge in [-0.25, -0.2) is 0 Å². The Bertz CT molecular complexity index is 368. The molecule has 1 aromatic carbocycles. The van der Waals surface area contributed by atoms with E-state index in [-0.39, 0.29) is 17.0 Å². The number of hydrogen-bond acceptors (Lipinski definition) is 2. The molecule has 3 N–H and O–H groups in total. The molecule has 1 aliphatic rings. The van der Waals surface area contributed by atoms with E-state index in [2.05, 4.69) is 28.7 Å². The molecule has 0 radical (unpaired) electrons. The molecule has 0 bridgehead atoms. The molecule has 84 valence electrons. The molecule has 2 rings (SSSR count). The second kappa shape index (κ2) is 5.50. The van der Waals surface area contributed by atoms with Gasteiger partial charge in [-0.15, -0.1) is 17.0 Å². The Morgan fingerprint density at radius 1 is 1.33 bits per heavy atom. The Morgan fingerprint density at radius 2 is 2.00 bits per heavy atom. The highest BCUT2D eigenvalue weighted by Gasteiger charge is 2.17. The van der Waals surface area contributed by atoms with Gasteiger partial charge >= 0.3 is 0 Å². The fourth-order valence-electron chi connectivity index (χ4n) is 2.06. The van der Waals surface area contributed by atoms with Crippen molar-refractivity contribution < 1.29 is 5.11 Å². The highest BCUT2D eigenvalue weighted by molar-refractivity contribution is 14.1. The summed E-state index contributed by atoms with van der Waals surface area (Å²) in [4.78, 5) is 0. The third-order valence-electron chi connectivity index (χ3n) is 2.86. The van der Waals surface area contributed by atoms with Crippen molar-refractivity contribution in [3.8, 4) is 5.75 Å². The van der Waals surface area contributed by atoms with Crippen molar-refractivity contribution in [2.45, 2.75) is 32.2 Å². The van der Waals surface area contributed by atoms with Crippen LogP contribution in [-0.4, -0.2) is 5.11 Å². The molecule has 0 aliphatic heterocycles. The number of halogens is 2. The second-order valence-corrected chi connectivity index (χ2v) is 4.83. The number of hydrogen-bond donors (Lipinski definition) is 2. The van der Waals surface area contributed by atoms with Gasteiger partial charge in [-0.2, -0.15) is 0 Å². The highest BCUT2D eigenvalue weighted by atomic mass is 127. The van der Waals surface area contributed by atoms with Crippen LogP contribution < -0.4 is 5.73 Å². The van der Waals surface area contributed by atoms with Gasteiger partial charge in [-0.05, 0) is 59.4 Å². The fourth-order valence-corrected chi connectivity index (χ4v) is 3.02. The van der Waals surface area contributed by atoms with Crippen LogP contribution in [0.4, 0.5) is 0 Å². The van der Waals surface area contributed by atoms with Crippen molar-refractivity contribution in [1.29, 1.82) is 0 Å². The third kappa shape index (κ3) is 2.47. The van der Waals surface area contributed by atoms with Gasteiger partial charge in [0.15, 0.2) is 0 Å². The SMILES string of the molecule is Br.NCc1cc2c(c(I)c1O)CCCC2. The average Bonchev–Trinajstić information content (AvgIpc) is 2.23. The lowest BCUT2D eigenvalue weighted by Gasteiger charge is -2.19. The van der Waals surface area contributed by atoms with E-state index < -0.39 is 0 Å². The van der Waals surface area contributed by atoms with Crippen LogP contribution in [0, 0.1) is 3.57 Å². The van der Waals surface area contributed by atoms with E-state index >= 15 is 0 Å². The number of rotatable bonds is 1. The van der Waals surface area contributed by atoms with Gasteiger partial charge in [0, 0.05) is 12.1 Å². The number of aromatic hydroxyl groups is 1. The summed E-state index contributed by atoms with van der Waals surface area (Å²) >= 11 is 2.23. The normalized spacial score (nSPS) is 14.3. The first kappa shape index (κ1) is 13.3. The zero-order chi connectivity index (χ0) is 10.1. The molecule has 0 aromatic heterocycles. The van der Waals surface area contributed by atoms with Gasteiger partial charge in [-0.3, -0.25) is 0 Å². The maximum atomic E-state index is 9.87. The highest BCUT2D eigenvalue weighted by Crippen LogP contribution is 2.34. The smallest absolute Gasteiger partial charge is 0.133 e. The summed E-state index contributed by atoms with van der Waals surface area (Å²) in [6.45, 7) is 0.426. The molecule has 0 atom stereocenters. The number of aryl methyl sites for hydroxylation is 1. The average molecular weight is 384 g/mol. The van der Waals surface area contributed by atoms with Crippen LogP contribution in [-0.2, 0) is 19.4 Å². The quantitative estimate of drug-likeness (QED) is 0.732. The van der Waals surface area contributed by atoms with Crippen LogP contribution in [0.5, 0.6) is 5.75 Å². The summed E-state index contributed by atoms with van der Waals surface area (Å²) in [5.41, 5.74) is 9.20. The van der Waals surface area contributed by atoms with Gasteiger partial charge in [-0.1, -0.05) is 6.07 Å². The topological polar surface area (TPSA) is 46.2 Å². The van der Waals surface area contributed by atoms with Gasteiger partial charge < -0.3 is 10.8 Å². The molecule has 0 fully saturated rings. The minimum Gasteiger partial charge on any atom is -0.506 e. The number of nitrogens with two attached hydrogens (primary N) is 1. The van der Waals surface area contributed by atoms with Crippen LogP contribution >= 0.6 is 39.6 Å². The Labute approximate surface area is 114 Å². The lowest BCUT2D eigenvalue weighted by molar-refractivity contribution is 0.462. The van der Waals surface area contributed by atoms with Crippen molar-refractivity contribution in [2.24, 2.45) is 5.73 Å². The van der Waals surface area contributed by atoms with Crippen LogP contribution in [0.15, 0.2) is 6.07 Å². The first-order valence-corrected chi connectivity index (χ1v) is 6.04. The standard InChI is InChI=1S/C11H14INO.BrH/c12-10-9-4-2-1-3-7(9)5-8(6-13)11(10)14;/h5,14H,1-4,6,13H2;1H. The Morgan fingerprint density at radius 3 is 2.67 bits per heavy atom. The summed E-state index contributed by atoms with van der Waals surface area (Å²) in [5, 5.41) is 9.87. The molecule has 0 amide bonds. The third-order valence-corrected chi connectivity index (χ3v) is 4.02. The van der Waals surface area contributed by atoms with E-state index in [1.165, 1.54) is 24.0 Å². The fraction of sp³-hybridized carbons (Fsp3) is 0.455. The van der Waals surface area contributed by atoms with Gasteiger partial charge in [0.2, 0.25) is 0 Å². The van der Waals surface area contributed by atoms with Crippen LogP contribution in [0.3, 0.4) is 0 Å². The monoisotopic (exact) mass is 383 g/mol. The molecule has 0 saturated heterocycles. The molecule has 2 nitrogen and oxygen atoms in total. The van der Waals surface area contributed by atoms with Crippen molar-refractivity contribution in [1.82, 2.24) is 0 Å². The van der Waals surface area contributed by atoms with E-state index in [9.17, 15) is 5.11 Å². The van der Waals surface area contributed by atoms with Crippen LogP contribution in [0.2, 0.25) is 0 Å². The molecular formula is C11H15BrINO. The van der Waals surface area contributed by atoms with Gasteiger partial charge in [0.05, 0.1) is 3.57 Å². The van der Waals surface area contributed by atoms with Crippen molar-refractivity contribution in [2.75, 3.05) is 0 Å². The van der Waals surface area contributed by atoms with Crippen molar-refractivity contribution in [3.63, 3.8) is 0 Å². The number of fused-ring (bicyclic) bond motifs is 1. The number of phenolic OH excluding ortho intramolecular Hbond substituents is 1. The van der Waals surface area contributed by atoms with E-state index in [0.717, 1.165) is 22.0 Å². The number of benzene rings is 1. The predicted octanol–water partition coefficient (Wildman–Crippen LogP) is 2.91. The molecular weight excluding hydrogens is 369 g/mol. The van der Waals surface area contributed by atoms with E-state index in [1.54, 1.807) is 0 Å². The summed E-state index contributed by atoms with van der Waals surface area (Å²) in [7, 11) is 0. The predicted molar refractivity (Wildman–Crippen MR) is 75.7 cm³/mol. The zero-order valence-electron chi connectivity index (χ0n) is 8.42. The van der Waals surface area contributed by atoms with Gasteiger partial charge in [0.1, 0.15) is 5.75 Å². The Balaban J connectivity index is 0.00000112. The van der Waals surface area contributed by atoms with Crippen molar-refractivity contribution in [3.05, 3.63) is 26.3 Å². The molecule has 0 heterocycles. The van der Waals surface area contributed by atoms with Crippen LogP contribution in [0.25, 0.3) is 0 Å². The molecule has 1 aliphatic carbocycles. The first-order chi connectivity index (χ1) is 6.74. The lowest BCUT2D eigenvalue weighted by atomic mass is 9.90. The first-order valence-electron chi connectivity index (χ1n) is 4.96. The Hall–Kier alpha value is 0.190. The van der Waals surface area contributed by atoms with E-state index in [4.69, 9.17) is 5.73 Å². The second-order valence-electron chi connectivity index (χ2n) is 3.75. The molecule has 4 heteroatoms. The molecule has 0 spiro atoms. The molecule has 0 saturated carbocycles. The maximum absolute atomic E-state index is 9.87. The number of phenols is 1. The summed E-state index contributed by atoms with van der Waals surface area (Å²) in [6.07, 6.45) is 4.74. The molecule has 1 aromatic rings. The van der Waals surface area contributed by atoms with Crippen molar-refractivity contribution >= 4 is 39.6 Å². The minimum absolute atomic E-state index is 0. The summed E-state index contributed by atoms with van der Waals surface area (Å²) in [5.74, 6) is 0.397. The van der Waals surface area contributed by atoms with E-state index in [1.807, 2.05) is 0 Å². The lowest BCUT2D eigenvalue weighted by Crippen LogP contribution is -2.08. The Kier molecular flexibility index (Phi) is 4.86. The minimum atomic E-state index is 0. The summed E-state index contributed by atoms with van der Waals surface area (Å²) in [6, 6.07) is 2.08. The largest absolute Gasteiger partial charge is 0.506 e. The van der Waals surface area contributed by atoms with Crippen LogP contribution in [0.1, 0.15) is 29.5 Å².